The molecule has 14 heavy (non-hydrogen) atoms. The van der Waals surface area contributed by atoms with Crippen molar-refractivity contribution in [2.45, 2.75) is 13.5 Å². The summed E-state index contributed by atoms with van der Waals surface area (Å²) in [5.41, 5.74) is 5.26. The molecule has 3 nitrogen and oxygen atoms in total. The van der Waals surface area contributed by atoms with Crippen molar-refractivity contribution in [3.8, 4) is 0 Å². The van der Waals surface area contributed by atoms with E-state index in [2.05, 4.69) is 24.5 Å². The molecule has 0 fully saturated rings. The molecule has 3 heteroatoms. The molecule has 0 spiro atoms. The van der Waals surface area contributed by atoms with Gasteiger partial charge >= 0.3 is 0 Å². The molecule has 0 bridgehead atoms. The zero-order valence-electron chi connectivity index (χ0n) is 8.75. The van der Waals surface area contributed by atoms with E-state index in [1.54, 1.807) is 7.11 Å². The number of rotatable bonds is 6. The summed E-state index contributed by atoms with van der Waals surface area (Å²) in [6, 6.07) is 8.26. The highest BCUT2D eigenvalue weighted by molar-refractivity contribution is 5.21. The summed E-state index contributed by atoms with van der Waals surface area (Å²) in [6.45, 7) is 4.03. The minimum absolute atomic E-state index is 0.589. The third kappa shape index (κ3) is 4.37. The molecule has 0 radical (unpaired) electrons. The lowest BCUT2D eigenvalue weighted by Gasteiger charge is -2.05. The van der Waals surface area contributed by atoms with E-state index in [0.29, 0.717) is 19.8 Å². The van der Waals surface area contributed by atoms with Gasteiger partial charge in [-0.2, -0.15) is 5.48 Å². The van der Waals surface area contributed by atoms with Gasteiger partial charge in [-0.3, -0.25) is 4.84 Å². The van der Waals surface area contributed by atoms with Gasteiger partial charge in [0.1, 0.15) is 0 Å². The second-order valence-corrected chi connectivity index (χ2v) is 3.16. The highest BCUT2D eigenvalue weighted by Crippen LogP contribution is 2.04. The van der Waals surface area contributed by atoms with Crippen molar-refractivity contribution in [1.29, 1.82) is 0 Å². The molecular formula is C11H17NO2. The van der Waals surface area contributed by atoms with Gasteiger partial charge in [0.15, 0.2) is 0 Å². The Morgan fingerprint density at radius 3 is 2.93 bits per heavy atom. The number of hydrogen-bond donors (Lipinski definition) is 1. The Bertz CT molecular complexity index is 263. The van der Waals surface area contributed by atoms with Crippen LogP contribution in [0.1, 0.15) is 11.1 Å². The first kappa shape index (κ1) is 11.2. The molecule has 0 atom stereocenters. The fourth-order valence-corrected chi connectivity index (χ4v) is 1.15. The highest BCUT2D eigenvalue weighted by atomic mass is 16.6. The van der Waals surface area contributed by atoms with E-state index in [4.69, 9.17) is 9.57 Å². The van der Waals surface area contributed by atoms with Crippen LogP contribution in [0.25, 0.3) is 0 Å². The average Bonchev–Trinajstić information content (AvgIpc) is 2.18. The zero-order valence-corrected chi connectivity index (χ0v) is 8.75. The number of ether oxygens (including phenoxy) is 1. The predicted octanol–water partition coefficient (Wildman–Crippen LogP) is 1.66. The van der Waals surface area contributed by atoms with Crippen molar-refractivity contribution in [3.63, 3.8) is 0 Å². The first-order valence-electron chi connectivity index (χ1n) is 4.72. The van der Waals surface area contributed by atoms with Crippen molar-refractivity contribution in [1.82, 2.24) is 5.48 Å². The van der Waals surface area contributed by atoms with E-state index >= 15 is 0 Å². The summed E-state index contributed by atoms with van der Waals surface area (Å²) in [6.07, 6.45) is 0. The van der Waals surface area contributed by atoms with E-state index in [1.165, 1.54) is 11.1 Å². The van der Waals surface area contributed by atoms with Crippen LogP contribution in [-0.4, -0.2) is 20.3 Å². The smallest absolute Gasteiger partial charge is 0.0933 e. The first-order chi connectivity index (χ1) is 6.83. The highest BCUT2D eigenvalue weighted by Gasteiger charge is 1.92. The molecule has 0 aliphatic rings. The Labute approximate surface area is 85.0 Å². The van der Waals surface area contributed by atoms with Gasteiger partial charge in [0.2, 0.25) is 0 Å². The zero-order chi connectivity index (χ0) is 10.2. The van der Waals surface area contributed by atoms with Crippen LogP contribution >= 0.6 is 0 Å². The minimum atomic E-state index is 0.589. The Kier molecular flexibility index (Phi) is 5.22. The summed E-state index contributed by atoms with van der Waals surface area (Å²) in [4.78, 5) is 5.25. The number of hydrogen-bond acceptors (Lipinski definition) is 3. The Balaban J connectivity index is 2.18. The lowest BCUT2D eigenvalue weighted by Crippen LogP contribution is -2.19. The second kappa shape index (κ2) is 6.54. The molecule has 1 aromatic carbocycles. The largest absolute Gasteiger partial charge is 0.383 e. The van der Waals surface area contributed by atoms with Crippen molar-refractivity contribution < 1.29 is 9.57 Å². The van der Waals surface area contributed by atoms with Crippen LogP contribution < -0.4 is 5.48 Å². The minimum Gasteiger partial charge on any atom is -0.383 e. The second-order valence-electron chi connectivity index (χ2n) is 3.16. The van der Waals surface area contributed by atoms with Crippen LogP contribution in [0, 0.1) is 6.92 Å². The van der Waals surface area contributed by atoms with Gasteiger partial charge in [-0.25, -0.2) is 0 Å². The average molecular weight is 195 g/mol. The van der Waals surface area contributed by atoms with Crippen LogP contribution in [0.3, 0.4) is 0 Å². The van der Waals surface area contributed by atoms with E-state index in [-0.39, 0.29) is 0 Å². The number of aryl methyl sites for hydroxylation is 1. The van der Waals surface area contributed by atoms with Crippen LogP contribution in [-0.2, 0) is 16.2 Å². The molecule has 78 valence electrons. The van der Waals surface area contributed by atoms with Gasteiger partial charge < -0.3 is 4.74 Å². The van der Waals surface area contributed by atoms with Crippen LogP contribution in [0.2, 0.25) is 0 Å². The molecule has 0 saturated heterocycles. The first-order valence-corrected chi connectivity index (χ1v) is 4.72. The maximum absolute atomic E-state index is 5.25. The maximum Gasteiger partial charge on any atom is 0.0933 e. The van der Waals surface area contributed by atoms with Gasteiger partial charge in [-0.1, -0.05) is 29.8 Å². The molecule has 0 saturated carbocycles. The molecule has 0 amide bonds. The molecule has 0 heterocycles. The summed E-state index contributed by atoms with van der Waals surface area (Å²) >= 11 is 0. The van der Waals surface area contributed by atoms with Crippen molar-refractivity contribution >= 4 is 0 Å². The topological polar surface area (TPSA) is 30.5 Å². The molecular weight excluding hydrogens is 178 g/mol. The quantitative estimate of drug-likeness (QED) is 0.553. The van der Waals surface area contributed by atoms with Gasteiger partial charge in [-0.15, -0.1) is 0 Å². The Morgan fingerprint density at radius 2 is 2.21 bits per heavy atom. The van der Waals surface area contributed by atoms with E-state index in [1.807, 2.05) is 12.1 Å². The van der Waals surface area contributed by atoms with E-state index < -0.39 is 0 Å². The third-order valence-corrected chi connectivity index (χ3v) is 1.83. The summed E-state index contributed by atoms with van der Waals surface area (Å²) in [5, 5.41) is 0. The SMILES string of the molecule is COCCNOCc1cccc(C)c1. The molecule has 0 aromatic heterocycles. The standard InChI is InChI=1S/C11H17NO2/c1-10-4-3-5-11(8-10)9-14-12-6-7-13-2/h3-5,8,12H,6-7,9H2,1-2H3. The van der Waals surface area contributed by atoms with Crippen molar-refractivity contribution in [3.05, 3.63) is 35.4 Å². The maximum atomic E-state index is 5.25. The molecule has 0 aliphatic heterocycles. The number of methoxy groups -OCH3 is 1. The summed E-state index contributed by atoms with van der Waals surface area (Å²) in [7, 11) is 1.67. The third-order valence-electron chi connectivity index (χ3n) is 1.83. The molecule has 0 aliphatic carbocycles. The van der Waals surface area contributed by atoms with Gasteiger partial charge in [-0.05, 0) is 12.5 Å². The summed E-state index contributed by atoms with van der Waals surface area (Å²) < 4.78 is 4.87. The van der Waals surface area contributed by atoms with Crippen molar-refractivity contribution in [2.75, 3.05) is 20.3 Å². The monoisotopic (exact) mass is 195 g/mol. The fourth-order valence-electron chi connectivity index (χ4n) is 1.15. The number of hydroxylamine groups is 1. The Hall–Kier alpha value is -0.900. The van der Waals surface area contributed by atoms with Crippen molar-refractivity contribution in [2.24, 2.45) is 0 Å². The van der Waals surface area contributed by atoms with Gasteiger partial charge in [0, 0.05) is 13.7 Å². The van der Waals surface area contributed by atoms with Crippen LogP contribution in [0.15, 0.2) is 24.3 Å². The Morgan fingerprint density at radius 1 is 1.36 bits per heavy atom. The van der Waals surface area contributed by atoms with E-state index in [0.717, 1.165) is 0 Å². The van der Waals surface area contributed by atoms with Gasteiger partial charge in [0.05, 0.1) is 13.2 Å². The molecule has 1 rings (SSSR count). The van der Waals surface area contributed by atoms with Crippen LogP contribution in [0.4, 0.5) is 0 Å². The van der Waals surface area contributed by atoms with Crippen LogP contribution in [0.5, 0.6) is 0 Å². The van der Waals surface area contributed by atoms with Gasteiger partial charge in [0.25, 0.3) is 0 Å². The predicted molar refractivity (Wildman–Crippen MR) is 55.8 cm³/mol. The fraction of sp³-hybridized carbons (Fsp3) is 0.455. The lowest BCUT2D eigenvalue weighted by atomic mass is 10.1. The number of nitrogens with one attached hydrogen (secondary N) is 1. The normalized spacial score (nSPS) is 10.4. The molecule has 1 N–H and O–H groups in total. The lowest BCUT2D eigenvalue weighted by molar-refractivity contribution is 0.0152. The number of benzene rings is 1. The molecule has 1 aromatic rings. The van der Waals surface area contributed by atoms with E-state index in [9.17, 15) is 0 Å². The molecule has 0 unspecified atom stereocenters. The summed E-state index contributed by atoms with van der Waals surface area (Å²) in [5.74, 6) is 0.